The van der Waals surface area contributed by atoms with E-state index in [2.05, 4.69) is 5.32 Å². The number of halogens is 2. The van der Waals surface area contributed by atoms with E-state index in [0.29, 0.717) is 6.54 Å². The molecule has 0 aliphatic carbocycles. The molecule has 0 spiro atoms. The van der Waals surface area contributed by atoms with Crippen LogP contribution in [0.15, 0.2) is 29.2 Å². The van der Waals surface area contributed by atoms with Crippen LogP contribution in [0.4, 0.5) is 0 Å². The molecule has 2 aromatic rings. The molecule has 2 rings (SSSR count). The smallest absolute Gasteiger partial charge is 0.254 e. The Bertz CT molecular complexity index is 878. The molecule has 0 fully saturated rings. The Kier molecular flexibility index (Phi) is 6.87. The van der Waals surface area contributed by atoms with Crippen LogP contribution in [0, 0.1) is 6.92 Å². The minimum Gasteiger partial charge on any atom is -0.384 e. The first-order valence-corrected chi connectivity index (χ1v) is 10.5. The summed E-state index contributed by atoms with van der Waals surface area (Å²) in [6, 6.07) is 6.52. The summed E-state index contributed by atoms with van der Waals surface area (Å²) in [4.78, 5) is 14.4. The maximum Gasteiger partial charge on any atom is 0.254 e. The fourth-order valence-electron chi connectivity index (χ4n) is 2.12. The highest BCUT2D eigenvalue weighted by molar-refractivity contribution is 7.91. The number of thiophene rings is 1. The zero-order valence-corrected chi connectivity index (χ0v) is 16.8. The zero-order valence-electron chi connectivity index (χ0n) is 13.6. The predicted octanol–water partition coefficient (Wildman–Crippen LogP) is 3.71. The third kappa shape index (κ3) is 4.95. The van der Waals surface area contributed by atoms with E-state index in [4.69, 9.17) is 27.9 Å². The highest BCUT2D eigenvalue weighted by Gasteiger charge is 2.24. The minimum atomic E-state index is -3.68. The highest BCUT2D eigenvalue weighted by atomic mass is 35.5. The van der Waals surface area contributed by atoms with Gasteiger partial charge in [-0.2, -0.15) is 0 Å². The summed E-state index contributed by atoms with van der Waals surface area (Å²) < 4.78 is 29.5. The molecule has 5 nitrogen and oxygen atoms in total. The van der Waals surface area contributed by atoms with Gasteiger partial charge in [-0.1, -0.05) is 23.2 Å². The number of carbonyl (C=O) groups is 1. The SMILES string of the molecule is COCCS(=O)(=O)c1ccc(Cl)c(C(=O)NCc2ccc(C)s2)c1Cl. The average Bonchev–Trinajstić information content (AvgIpc) is 2.96. The normalized spacial score (nSPS) is 11.5. The Morgan fingerprint density at radius 1 is 1.24 bits per heavy atom. The number of amides is 1. The fraction of sp³-hybridized carbons (Fsp3) is 0.312. The molecular weight excluding hydrogens is 405 g/mol. The van der Waals surface area contributed by atoms with E-state index >= 15 is 0 Å². The molecule has 0 atom stereocenters. The zero-order chi connectivity index (χ0) is 18.6. The summed E-state index contributed by atoms with van der Waals surface area (Å²) in [6.45, 7) is 2.31. The summed E-state index contributed by atoms with van der Waals surface area (Å²) >= 11 is 13.8. The number of rotatable bonds is 7. The molecule has 1 aromatic carbocycles. The van der Waals surface area contributed by atoms with Crippen molar-refractivity contribution in [3.05, 3.63) is 49.6 Å². The van der Waals surface area contributed by atoms with Crippen LogP contribution in [-0.4, -0.2) is 33.8 Å². The van der Waals surface area contributed by atoms with Gasteiger partial charge in [0, 0.05) is 16.9 Å². The van der Waals surface area contributed by atoms with Crippen molar-refractivity contribution in [1.29, 1.82) is 0 Å². The molecule has 0 aliphatic heterocycles. The van der Waals surface area contributed by atoms with Gasteiger partial charge in [0.2, 0.25) is 0 Å². The van der Waals surface area contributed by atoms with Crippen molar-refractivity contribution >= 4 is 50.3 Å². The van der Waals surface area contributed by atoms with Gasteiger partial charge in [0.1, 0.15) is 0 Å². The number of carbonyl (C=O) groups excluding carboxylic acids is 1. The maximum absolute atomic E-state index is 12.5. The summed E-state index contributed by atoms with van der Waals surface area (Å²) in [5.41, 5.74) is -0.0462. The number of benzene rings is 1. The quantitative estimate of drug-likeness (QED) is 0.739. The van der Waals surface area contributed by atoms with Gasteiger partial charge in [0.15, 0.2) is 9.84 Å². The van der Waals surface area contributed by atoms with E-state index in [-0.39, 0.29) is 32.9 Å². The maximum atomic E-state index is 12.5. The molecule has 0 aliphatic rings. The molecule has 0 saturated carbocycles. The van der Waals surface area contributed by atoms with Crippen LogP contribution in [0.25, 0.3) is 0 Å². The van der Waals surface area contributed by atoms with Crippen LogP contribution in [0.5, 0.6) is 0 Å². The lowest BCUT2D eigenvalue weighted by atomic mass is 10.2. The molecule has 0 unspecified atom stereocenters. The molecule has 1 N–H and O–H groups in total. The van der Waals surface area contributed by atoms with Crippen LogP contribution in [-0.2, 0) is 21.1 Å². The van der Waals surface area contributed by atoms with Crippen molar-refractivity contribution in [3.8, 4) is 0 Å². The van der Waals surface area contributed by atoms with Crippen molar-refractivity contribution < 1.29 is 17.9 Å². The van der Waals surface area contributed by atoms with Crippen molar-refractivity contribution in [2.24, 2.45) is 0 Å². The summed E-state index contributed by atoms with van der Waals surface area (Å²) in [5, 5.41) is 2.63. The lowest BCUT2D eigenvalue weighted by Crippen LogP contribution is -2.24. The number of ether oxygens (including phenoxy) is 1. The first-order valence-electron chi connectivity index (χ1n) is 7.29. The molecule has 1 amide bonds. The van der Waals surface area contributed by atoms with Crippen LogP contribution in [0.3, 0.4) is 0 Å². The van der Waals surface area contributed by atoms with Crippen LogP contribution < -0.4 is 5.32 Å². The van der Waals surface area contributed by atoms with E-state index in [0.717, 1.165) is 9.75 Å². The van der Waals surface area contributed by atoms with Gasteiger partial charge in [-0.05, 0) is 31.2 Å². The number of hydrogen-bond acceptors (Lipinski definition) is 5. The molecule has 0 radical (unpaired) electrons. The van der Waals surface area contributed by atoms with Crippen LogP contribution >= 0.6 is 34.5 Å². The molecule has 25 heavy (non-hydrogen) atoms. The van der Waals surface area contributed by atoms with Crippen LogP contribution in [0.2, 0.25) is 10.0 Å². The third-order valence-corrected chi connectivity index (χ3v) is 6.93. The Hall–Kier alpha value is -1.12. The molecule has 0 saturated heterocycles. The summed E-state index contributed by atoms with van der Waals surface area (Å²) in [5.74, 6) is -0.759. The van der Waals surface area contributed by atoms with Gasteiger partial charge in [0.25, 0.3) is 5.91 Å². The molecule has 1 heterocycles. The second-order valence-corrected chi connectivity index (χ2v) is 9.48. The first kappa shape index (κ1) is 20.2. The van der Waals surface area contributed by atoms with Crippen LogP contribution in [0.1, 0.15) is 20.1 Å². The van der Waals surface area contributed by atoms with E-state index in [1.54, 1.807) is 11.3 Å². The lowest BCUT2D eigenvalue weighted by molar-refractivity contribution is 0.0951. The van der Waals surface area contributed by atoms with Crippen molar-refractivity contribution in [2.75, 3.05) is 19.5 Å². The largest absolute Gasteiger partial charge is 0.384 e. The van der Waals surface area contributed by atoms with Crippen molar-refractivity contribution in [2.45, 2.75) is 18.4 Å². The molecule has 0 bridgehead atoms. The predicted molar refractivity (Wildman–Crippen MR) is 101 cm³/mol. The second kappa shape index (κ2) is 8.51. The van der Waals surface area contributed by atoms with E-state index in [1.807, 2.05) is 19.1 Å². The third-order valence-electron chi connectivity index (χ3n) is 3.39. The van der Waals surface area contributed by atoms with Gasteiger partial charge < -0.3 is 10.1 Å². The number of nitrogens with one attached hydrogen (secondary N) is 1. The summed E-state index contributed by atoms with van der Waals surface area (Å²) in [7, 11) is -2.28. The average molecular weight is 422 g/mol. The first-order chi connectivity index (χ1) is 11.8. The lowest BCUT2D eigenvalue weighted by Gasteiger charge is -2.12. The molecular formula is C16H17Cl2NO4S2. The standard InChI is InChI=1S/C16H17Cl2NO4S2/c1-10-3-4-11(24-10)9-19-16(20)14-12(17)5-6-13(15(14)18)25(21,22)8-7-23-2/h3-6H,7-9H2,1-2H3,(H,19,20). The molecule has 136 valence electrons. The van der Waals surface area contributed by atoms with Gasteiger partial charge in [-0.15, -0.1) is 11.3 Å². The summed E-state index contributed by atoms with van der Waals surface area (Å²) in [6.07, 6.45) is 0. The monoisotopic (exact) mass is 421 g/mol. The molecule has 1 aromatic heterocycles. The second-order valence-electron chi connectivity index (χ2n) is 5.24. The van der Waals surface area contributed by atoms with Gasteiger partial charge >= 0.3 is 0 Å². The van der Waals surface area contributed by atoms with E-state index < -0.39 is 15.7 Å². The van der Waals surface area contributed by atoms with E-state index in [1.165, 1.54) is 19.2 Å². The highest BCUT2D eigenvalue weighted by Crippen LogP contribution is 2.32. The number of sulfone groups is 1. The number of methoxy groups -OCH3 is 1. The van der Waals surface area contributed by atoms with Gasteiger partial charge in [-0.3, -0.25) is 4.79 Å². The topological polar surface area (TPSA) is 72.5 Å². The Balaban J connectivity index is 2.27. The Morgan fingerprint density at radius 3 is 2.56 bits per heavy atom. The number of aryl methyl sites for hydroxylation is 1. The van der Waals surface area contributed by atoms with Crippen molar-refractivity contribution in [3.63, 3.8) is 0 Å². The van der Waals surface area contributed by atoms with Gasteiger partial charge in [-0.25, -0.2) is 8.42 Å². The minimum absolute atomic E-state index is 0.0283. The Labute approximate surface area is 160 Å². The molecule has 9 heteroatoms. The van der Waals surface area contributed by atoms with Gasteiger partial charge in [0.05, 0.1) is 39.4 Å². The Morgan fingerprint density at radius 2 is 1.96 bits per heavy atom. The fourth-order valence-corrected chi connectivity index (χ4v) is 5.10. The van der Waals surface area contributed by atoms with Crippen molar-refractivity contribution in [1.82, 2.24) is 5.32 Å². The number of hydrogen-bond donors (Lipinski definition) is 1. The van der Waals surface area contributed by atoms with E-state index in [9.17, 15) is 13.2 Å².